The first kappa shape index (κ1) is 21.0. The highest BCUT2D eigenvalue weighted by molar-refractivity contribution is 5.79. The van der Waals surface area contributed by atoms with E-state index in [1.165, 1.54) is 6.92 Å². The number of hydrogen-bond donors (Lipinski definition) is 0. The molecule has 1 aliphatic heterocycles. The minimum Gasteiger partial charge on any atom is -0.428 e. The molecule has 31 heavy (non-hydrogen) atoms. The van der Waals surface area contributed by atoms with Crippen molar-refractivity contribution in [2.75, 3.05) is 38.1 Å². The lowest BCUT2D eigenvalue weighted by Gasteiger charge is -2.32. The van der Waals surface area contributed by atoms with E-state index in [0.29, 0.717) is 22.9 Å². The minimum atomic E-state index is -4.57. The number of imidazole rings is 1. The molecular formula is C20H21F3N6O2. The number of nitrogens with zero attached hydrogens (tertiary/aromatic N) is 6. The number of anilines is 1. The fraction of sp³-hybridized carbons (Fsp3) is 0.400. The Kier molecular flexibility index (Phi) is 5.29. The van der Waals surface area contributed by atoms with E-state index in [0.717, 1.165) is 38.3 Å². The third kappa shape index (κ3) is 3.92. The molecule has 0 unspecified atom stereocenters. The lowest BCUT2D eigenvalue weighted by Crippen LogP contribution is -2.44. The lowest BCUT2D eigenvalue weighted by atomic mass is 10.0. The molecule has 0 radical (unpaired) electrons. The molecule has 2 aromatic heterocycles. The van der Waals surface area contributed by atoms with Gasteiger partial charge in [0.25, 0.3) is 6.47 Å². The van der Waals surface area contributed by atoms with Gasteiger partial charge < -0.3 is 19.1 Å². The van der Waals surface area contributed by atoms with Crippen molar-refractivity contribution in [2.24, 2.45) is 7.05 Å². The number of piperazine rings is 1. The molecule has 4 rings (SSSR count). The number of carbonyl (C=O) groups is 1. The number of likely N-dealkylation sites (N-methyl/N-ethyl adjacent to an activating group) is 1. The SMILES string of the molecule is Cc1cc(C(F)(F)F)cc(OC=O)c1-c1nc2nc(N3CCN(C)CC3)cnc2n1C. The Bertz CT molecular complexity index is 1140. The first-order valence-corrected chi connectivity index (χ1v) is 9.64. The average molecular weight is 434 g/mol. The standard InChI is InChI=1S/C20H21F3N6O2/c1-12-8-13(20(21,22)23)9-14(31-11-30)16(12)18-26-17-19(28(18)3)24-10-15(25-17)29-6-4-27(2)5-7-29/h8-11H,4-7H2,1-3H3. The van der Waals surface area contributed by atoms with Crippen LogP contribution in [0.2, 0.25) is 0 Å². The quantitative estimate of drug-likeness (QED) is 0.585. The van der Waals surface area contributed by atoms with E-state index < -0.39 is 11.7 Å². The summed E-state index contributed by atoms with van der Waals surface area (Å²) in [6.45, 7) is 5.05. The molecule has 1 fully saturated rings. The molecule has 0 saturated carbocycles. The van der Waals surface area contributed by atoms with Crippen LogP contribution in [-0.4, -0.2) is 64.1 Å². The number of halogens is 3. The minimum absolute atomic E-state index is 0.100. The predicted octanol–water partition coefficient (Wildman–Crippen LogP) is 2.64. The highest BCUT2D eigenvalue weighted by atomic mass is 19.4. The molecule has 1 saturated heterocycles. The largest absolute Gasteiger partial charge is 0.428 e. The summed E-state index contributed by atoms with van der Waals surface area (Å²) in [4.78, 5) is 28.9. The molecule has 0 atom stereocenters. The van der Waals surface area contributed by atoms with Crippen molar-refractivity contribution in [3.8, 4) is 17.1 Å². The molecule has 1 aromatic carbocycles. The number of ether oxygens (including phenoxy) is 1. The number of benzene rings is 1. The van der Waals surface area contributed by atoms with Crippen molar-refractivity contribution >= 4 is 23.6 Å². The fourth-order valence-corrected chi connectivity index (χ4v) is 3.71. The predicted molar refractivity (Wildman–Crippen MR) is 108 cm³/mol. The van der Waals surface area contributed by atoms with Gasteiger partial charge in [-0.05, 0) is 31.7 Å². The molecule has 3 heterocycles. The monoisotopic (exact) mass is 434 g/mol. The van der Waals surface area contributed by atoms with E-state index >= 15 is 0 Å². The van der Waals surface area contributed by atoms with E-state index in [4.69, 9.17) is 4.74 Å². The van der Waals surface area contributed by atoms with Crippen molar-refractivity contribution in [1.82, 2.24) is 24.4 Å². The van der Waals surface area contributed by atoms with E-state index in [2.05, 4.69) is 31.8 Å². The Balaban J connectivity index is 1.81. The Hall–Kier alpha value is -3.21. The number of fused-ring (bicyclic) bond motifs is 1. The van der Waals surface area contributed by atoms with E-state index in [1.54, 1.807) is 17.8 Å². The van der Waals surface area contributed by atoms with Gasteiger partial charge in [0.05, 0.1) is 17.3 Å². The van der Waals surface area contributed by atoms with E-state index in [1.807, 2.05) is 0 Å². The summed E-state index contributed by atoms with van der Waals surface area (Å²) in [5.74, 6) is 0.785. The molecule has 0 amide bonds. The summed E-state index contributed by atoms with van der Waals surface area (Å²) < 4.78 is 46.2. The summed E-state index contributed by atoms with van der Waals surface area (Å²) in [7, 11) is 3.75. The van der Waals surface area contributed by atoms with Crippen molar-refractivity contribution in [3.05, 3.63) is 29.5 Å². The highest BCUT2D eigenvalue weighted by Gasteiger charge is 2.33. The zero-order valence-electron chi connectivity index (χ0n) is 17.3. The molecule has 8 nitrogen and oxygen atoms in total. The van der Waals surface area contributed by atoms with Crippen LogP contribution >= 0.6 is 0 Å². The number of aromatic nitrogens is 4. The van der Waals surface area contributed by atoms with Crippen LogP contribution in [0.3, 0.4) is 0 Å². The lowest BCUT2D eigenvalue weighted by molar-refractivity contribution is -0.138. The Labute approximate surface area is 176 Å². The van der Waals surface area contributed by atoms with Crippen LogP contribution in [0.5, 0.6) is 5.75 Å². The molecule has 11 heteroatoms. The first-order valence-electron chi connectivity index (χ1n) is 9.64. The highest BCUT2D eigenvalue weighted by Crippen LogP contribution is 2.39. The average Bonchev–Trinajstić information content (AvgIpc) is 3.03. The maximum atomic E-state index is 13.2. The Morgan fingerprint density at radius 1 is 1.10 bits per heavy atom. The fourth-order valence-electron chi connectivity index (χ4n) is 3.71. The van der Waals surface area contributed by atoms with E-state index in [9.17, 15) is 18.0 Å². The van der Waals surface area contributed by atoms with Gasteiger partial charge in [-0.2, -0.15) is 13.2 Å². The van der Waals surface area contributed by atoms with Gasteiger partial charge in [-0.25, -0.2) is 15.0 Å². The van der Waals surface area contributed by atoms with Gasteiger partial charge in [0, 0.05) is 33.2 Å². The summed E-state index contributed by atoms with van der Waals surface area (Å²) in [5.41, 5.74) is 0.486. The van der Waals surface area contributed by atoms with Crippen LogP contribution in [0.4, 0.5) is 19.0 Å². The molecule has 1 aliphatic rings. The maximum absolute atomic E-state index is 13.2. The molecular weight excluding hydrogens is 413 g/mol. The number of alkyl halides is 3. The topological polar surface area (TPSA) is 76.4 Å². The second kappa shape index (κ2) is 7.80. The van der Waals surface area contributed by atoms with Gasteiger partial charge in [0.1, 0.15) is 17.4 Å². The van der Waals surface area contributed by atoms with Crippen LogP contribution in [-0.2, 0) is 18.0 Å². The van der Waals surface area contributed by atoms with Gasteiger partial charge in [-0.1, -0.05) is 0 Å². The molecule has 0 spiro atoms. The van der Waals surface area contributed by atoms with Gasteiger partial charge in [-0.3, -0.25) is 4.79 Å². The normalized spacial score (nSPS) is 15.5. The van der Waals surface area contributed by atoms with Crippen LogP contribution in [0.1, 0.15) is 11.1 Å². The third-order valence-electron chi connectivity index (χ3n) is 5.42. The van der Waals surface area contributed by atoms with Crippen LogP contribution in [0.15, 0.2) is 18.3 Å². The maximum Gasteiger partial charge on any atom is 0.416 e. The summed E-state index contributed by atoms with van der Waals surface area (Å²) in [6.07, 6.45) is -2.90. The van der Waals surface area contributed by atoms with Gasteiger partial charge >= 0.3 is 6.18 Å². The van der Waals surface area contributed by atoms with Crippen molar-refractivity contribution in [1.29, 1.82) is 0 Å². The Morgan fingerprint density at radius 3 is 2.45 bits per heavy atom. The van der Waals surface area contributed by atoms with E-state index in [-0.39, 0.29) is 23.3 Å². The molecule has 0 bridgehead atoms. The molecule has 0 aliphatic carbocycles. The molecule has 164 valence electrons. The van der Waals surface area contributed by atoms with Crippen molar-refractivity contribution < 1.29 is 22.7 Å². The van der Waals surface area contributed by atoms with Crippen molar-refractivity contribution in [3.63, 3.8) is 0 Å². The van der Waals surface area contributed by atoms with Gasteiger partial charge in [-0.15, -0.1) is 0 Å². The van der Waals surface area contributed by atoms with Gasteiger partial charge in [0.15, 0.2) is 11.3 Å². The van der Waals surface area contributed by atoms with Crippen LogP contribution in [0.25, 0.3) is 22.7 Å². The van der Waals surface area contributed by atoms with Crippen LogP contribution < -0.4 is 9.64 Å². The number of aryl methyl sites for hydroxylation is 2. The zero-order valence-corrected chi connectivity index (χ0v) is 17.3. The zero-order chi connectivity index (χ0) is 22.3. The van der Waals surface area contributed by atoms with Crippen molar-refractivity contribution in [2.45, 2.75) is 13.1 Å². The summed E-state index contributed by atoms with van der Waals surface area (Å²) in [6, 6.07) is 1.80. The first-order chi connectivity index (χ1) is 14.7. The summed E-state index contributed by atoms with van der Waals surface area (Å²) in [5, 5.41) is 0. The number of rotatable bonds is 4. The second-order valence-corrected chi connectivity index (χ2v) is 7.54. The molecule has 3 aromatic rings. The van der Waals surface area contributed by atoms with Crippen LogP contribution in [0, 0.1) is 6.92 Å². The Morgan fingerprint density at radius 2 is 1.81 bits per heavy atom. The smallest absolute Gasteiger partial charge is 0.416 e. The van der Waals surface area contributed by atoms with Gasteiger partial charge in [0.2, 0.25) is 0 Å². The number of hydrogen-bond acceptors (Lipinski definition) is 7. The molecule has 0 N–H and O–H groups in total. The third-order valence-corrected chi connectivity index (χ3v) is 5.42. The summed E-state index contributed by atoms with van der Waals surface area (Å²) >= 11 is 0. The second-order valence-electron chi connectivity index (χ2n) is 7.54. The number of carbonyl (C=O) groups excluding carboxylic acids is 1.